The van der Waals surface area contributed by atoms with Crippen LogP contribution < -0.4 is 15.8 Å². The molecule has 1 aromatic rings. The first-order chi connectivity index (χ1) is 10.1. The summed E-state index contributed by atoms with van der Waals surface area (Å²) in [4.78, 5) is 11.9. The topological polar surface area (TPSA) is 64.3 Å². The third-order valence-corrected chi connectivity index (χ3v) is 4.00. The second-order valence-electron chi connectivity index (χ2n) is 5.93. The fourth-order valence-electron chi connectivity index (χ4n) is 2.66. The highest BCUT2D eigenvalue weighted by Gasteiger charge is 2.27. The Labute approximate surface area is 139 Å². The van der Waals surface area contributed by atoms with Crippen molar-refractivity contribution in [1.82, 2.24) is 5.32 Å². The normalized spacial score (nSPS) is 20.3. The summed E-state index contributed by atoms with van der Waals surface area (Å²) in [6.45, 7) is 3.47. The number of unbranched alkanes of at least 4 members (excludes halogenated alkanes) is 1. The van der Waals surface area contributed by atoms with Crippen molar-refractivity contribution in [3.05, 3.63) is 29.8 Å². The summed E-state index contributed by atoms with van der Waals surface area (Å²) in [5, 5.41) is 3.00. The molecule has 1 aromatic carbocycles. The minimum absolute atomic E-state index is 0. The van der Waals surface area contributed by atoms with Gasteiger partial charge in [0.25, 0.3) is 0 Å². The molecule has 0 heterocycles. The molecule has 1 fully saturated rings. The molecule has 0 saturated heterocycles. The Morgan fingerprint density at radius 2 is 2.00 bits per heavy atom. The highest BCUT2D eigenvalue weighted by molar-refractivity contribution is 5.85. The van der Waals surface area contributed by atoms with Crippen LogP contribution in [0, 0.1) is 12.8 Å². The van der Waals surface area contributed by atoms with Gasteiger partial charge in [-0.15, -0.1) is 12.4 Å². The lowest BCUT2D eigenvalue weighted by Crippen LogP contribution is -2.31. The molecule has 1 saturated carbocycles. The van der Waals surface area contributed by atoms with Gasteiger partial charge >= 0.3 is 0 Å². The number of rotatable bonds is 7. The van der Waals surface area contributed by atoms with Gasteiger partial charge in [-0.1, -0.05) is 17.7 Å². The van der Waals surface area contributed by atoms with E-state index < -0.39 is 0 Å². The zero-order valence-electron chi connectivity index (χ0n) is 13.2. The molecule has 1 amide bonds. The van der Waals surface area contributed by atoms with E-state index in [4.69, 9.17) is 10.5 Å². The van der Waals surface area contributed by atoms with Crippen molar-refractivity contribution in [3.63, 3.8) is 0 Å². The molecule has 0 aromatic heterocycles. The average Bonchev–Trinajstić information content (AvgIpc) is 2.91. The molecule has 2 atom stereocenters. The summed E-state index contributed by atoms with van der Waals surface area (Å²) >= 11 is 0. The molecular weight excluding hydrogens is 300 g/mol. The predicted molar refractivity (Wildman–Crippen MR) is 91.5 cm³/mol. The summed E-state index contributed by atoms with van der Waals surface area (Å²) in [5.41, 5.74) is 7.06. The molecule has 2 unspecified atom stereocenters. The number of carbonyl (C=O) groups excluding carboxylic acids is 1. The number of nitrogens with two attached hydrogens (primary N) is 1. The number of carbonyl (C=O) groups is 1. The van der Waals surface area contributed by atoms with Crippen molar-refractivity contribution in [1.29, 1.82) is 0 Å². The molecule has 0 spiro atoms. The van der Waals surface area contributed by atoms with E-state index >= 15 is 0 Å². The van der Waals surface area contributed by atoms with Crippen LogP contribution in [0.4, 0.5) is 0 Å². The summed E-state index contributed by atoms with van der Waals surface area (Å²) in [7, 11) is 0. The Morgan fingerprint density at radius 3 is 2.64 bits per heavy atom. The predicted octanol–water partition coefficient (Wildman–Crippen LogP) is 2.82. The van der Waals surface area contributed by atoms with E-state index in [9.17, 15) is 4.79 Å². The van der Waals surface area contributed by atoms with Gasteiger partial charge in [-0.3, -0.25) is 4.79 Å². The monoisotopic (exact) mass is 326 g/mol. The van der Waals surface area contributed by atoms with Gasteiger partial charge in [0.15, 0.2) is 0 Å². The highest BCUT2D eigenvalue weighted by Crippen LogP contribution is 2.23. The Hall–Kier alpha value is -1.26. The van der Waals surface area contributed by atoms with Crippen LogP contribution in [0.1, 0.15) is 37.7 Å². The first-order valence-electron chi connectivity index (χ1n) is 7.88. The van der Waals surface area contributed by atoms with E-state index in [-0.39, 0.29) is 30.3 Å². The molecule has 3 N–H and O–H groups in total. The molecule has 124 valence electrons. The highest BCUT2D eigenvalue weighted by atomic mass is 35.5. The largest absolute Gasteiger partial charge is 0.494 e. The third-order valence-electron chi connectivity index (χ3n) is 4.00. The lowest BCUT2D eigenvalue weighted by Gasteiger charge is -2.11. The molecule has 1 aliphatic carbocycles. The quantitative estimate of drug-likeness (QED) is 0.757. The minimum atomic E-state index is 0. The molecule has 0 bridgehead atoms. The number of halogens is 1. The molecule has 4 nitrogen and oxygen atoms in total. The van der Waals surface area contributed by atoms with Crippen LogP contribution in [0.2, 0.25) is 0 Å². The Bertz CT molecular complexity index is 450. The van der Waals surface area contributed by atoms with Gasteiger partial charge in [-0.25, -0.2) is 0 Å². The maximum absolute atomic E-state index is 11.9. The molecule has 5 heteroatoms. The third kappa shape index (κ3) is 6.24. The van der Waals surface area contributed by atoms with E-state index in [2.05, 4.69) is 12.2 Å². The number of benzene rings is 1. The van der Waals surface area contributed by atoms with Crippen LogP contribution in [0.5, 0.6) is 5.75 Å². The Morgan fingerprint density at radius 1 is 1.27 bits per heavy atom. The average molecular weight is 327 g/mol. The summed E-state index contributed by atoms with van der Waals surface area (Å²) in [6, 6.07) is 8.27. The maximum atomic E-state index is 11.9. The smallest absolute Gasteiger partial charge is 0.223 e. The fourth-order valence-corrected chi connectivity index (χ4v) is 2.66. The van der Waals surface area contributed by atoms with Crippen LogP contribution in [0.25, 0.3) is 0 Å². The van der Waals surface area contributed by atoms with E-state index in [1.807, 2.05) is 24.3 Å². The summed E-state index contributed by atoms with van der Waals surface area (Å²) < 4.78 is 5.65. The van der Waals surface area contributed by atoms with Crippen molar-refractivity contribution in [2.45, 2.75) is 45.1 Å². The van der Waals surface area contributed by atoms with Crippen molar-refractivity contribution >= 4 is 18.3 Å². The SMILES string of the molecule is Cc1ccc(OCCCCNC(=O)C2CCC(N)C2)cc1.Cl. The van der Waals surface area contributed by atoms with Gasteiger partial charge in [0.2, 0.25) is 5.91 Å². The molecule has 1 aliphatic rings. The van der Waals surface area contributed by atoms with Gasteiger partial charge in [0, 0.05) is 18.5 Å². The number of amides is 1. The zero-order chi connectivity index (χ0) is 15.1. The lowest BCUT2D eigenvalue weighted by molar-refractivity contribution is -0.124. The minimum Gasteiger partial charge on any atom is -0.494 e. The van der Waals surface area contributed by atoms with Gasteiger partial charge in [0.05, 0.1) is 6.61 Å². The van der Waals surface area contributed by atoms with Crippen LogP contribution in [0.3, 0.4) is 0 Å². The number of ether oxygens (including phenoxy) is 1. The lowest BCUT2D eigenvalue weighted by atomic mass is 10.1. The van der Waals surface area contributed by atoms with E-state index in [0.29, 0.717) is 6.61 Å². The van der Waals surface area contributed by atoms with Crippen molar-refractivity contribution in [2.24, 2.45) is 11.7 Å². The summed E-state index contributed by atoms with van der Waals surface area (Å²) in [6.07, 6.45) is 4.63. The molecular formula is C17H27ClN2O2. The first-order valence-corrected chi connectivity index (χ1v) is 7.88. The van der Waals surface area contributed by atoms with Gasteiger partial charge in [-0.2, -0.15) is 0 Å². The standard InChI is InChI=1S/C17H26N2O2.ClH/c1-13-4-8-16(9-5-13)21-11-3-2-10-19-17(20)14-6-7-15(18)12-14;/h4-5,8-9,14-15H,2-3,6-7,10-12,18H2,1H3,(H,19,20);1H. The van der Waals surface area contributed by atoms with E-state index in [0.717, 1.165) is 44.4 Å². The molecule has 0 radical (unpaired) electrons. The Kier molecular flexibility index (Phi) is 8.28. The Balaban J connectivity index is 0.00000242. The summed E-state index contributed by atoms with van der Waals surface area (Å²) in [5.74, 6) is 1.20. The molecule has 22 heavy (non-hydrogen) atoms. The van der Waals surface area contributed by atoms with Crippen molar-refractivity contribution < 1.29 is 9.53 Å². The first kappa shape index (κ1) is 18.8. The molecule has 2 rings (SSSR count). The van der Waals surface area contributed by atoms with Gasteiger partial charge in [-0.05, 0) is 51.2 Å². The van der Waals surface area contributed by atoms with Gasteiger partial charge < -0.3 is 15.8 Å². The second kappa shape index (κ2) is 9.70. The number of nitrogens with one attached hydrogen (secondary N) is 1. The maximum Gasteiger partial charge on any atom is 0.223 e. The second-order valence-corrected chi connectivity index (χ2v) is 5.93. The van der Waals surface area contributed by atoms with Crippen molar-refractivity contribution in [2.75, 3.05) is 13.2 Å². The number of hydrogen-bond acceptors (Lipinski definition) is 3. The zero-order valence-corrected chi connectivity index (χ0v) is 14.0. The van der Waals surface area contributed by atoms with Gasteiger partial charge in [0.1, 0.15) is 5.75 Å². The number of aryl methyl sites for hydroxylation is 1. The van der Waals surface area contributed by atoms with Crippen molar-refractivity contribution in [3.8, 4) is 5.75 Å². The van der Waals surface area contributed by atoms with Crippen LogP contribution in [-0.2, 0) is 4.79 Å². The number of hydrogen-bond donors (Lipinski definition) is 2. The molecule has 0 aliphatic heterocycles. The van der Waals surface area contributed by atoms with Crippen LogP contribution >= 0.6 is 12.4 Å². The fraction of sp³-hybridized carbons (Fsp3) is 0.588. The van der Waals surface area contributed by atoms with E-state index in [1.54, 1.807) is 0 Å². The van der Waals surface area contributed by atoms with E-state index in [1.165, 1.54) is 5.56 Å². The van der Waals surface area contributed by atoms with Crippen LogP contribution in [0.15, 0.2) is 24.3 Å². The van der Waals surface area contributed by atoms with Crippen LogP contribution in [-0.4, -0.2) is 25.1 Å².